The van der Waals surface area contributed by atoms with E-state index in [-0.39, 0.29) is 22.9 Å². The number of carbonyl (C=O) groups is 1. The molecule has 0 saturated heterocycles. The van der Waals surface area contributed by atoms with Crippen molar-refractivity contribution in [1.82, 2.24) is 0 Å². The minimum absolute atomic E-state index is 0.0254. The van der Waals surface area contributed by atoms with Crippen molar-refractivity contribution in [3.8, 4) is 5.75 Å². The molecule has 1 aromatic rings. The van der Waals surface area contributed by atoms with Gasteiger partial charge >= 0.3 is 0 Å². The Morgan fingerprint density at radius 3 is 2.73 bits per heavy atom. The maximum Gasteiger partial charge on any atom is 0.298 e. The van der Waals surface area contributed by atoms with Crippen LogP contribution in [0.2, 0.25) is 5.02 Å². The molecule has 0 fully saturated rings. The van der Waals surface area contributed by atoms with E-state index in [2.05, 4.69) is 10.1 Å². The number of nitrogens with one attached hydrogen (secondary N) is 1. The van der Waals surface area contributed by atoms with E-state index in [1.807, 2.05) is 0 Å². The lowest BCUT2D eigenvalue weighted by Gasteiger charge is -2.07. The van der Waals surface area contributed by atoms with Crippen molar-refractivity contribution in [2.24, 2.45) is 0 Å². The van der Waals surface area contributed by atoms with Crippen LogP contribution in [0.3, 0.4) is 0 Å². The van der Waals surface area contributed by atoms with E-state index >= 15 is 0 Å². The summed E-state index contributed by atoms with van der Waals surface area (Å²) in [4.78, 5) is 20.0. The van der Waals surface area contributed by atoms with Crippen LogP contribution in [0.4, 0.5) is 11.4 Å². The zero-order valence-electron chi connectivity index (χ0n) is 7.69. The van der Waals surface area contributed by atoms with Gasteiger partial charge in [-0.2, -0.15) is 0 Å². The number of ether oxygens (including phenoxy) is 1. The maximum absolute atomic E-state index is 10.5. The lowest BCUT2D eigenvalue weighted by molar-refractivity contribution is -0.384. The number of halogens is 1. The molecule has 0 atom stereocenters. The second-order valence-electron chi connectivity index (χ2n) is 2.52. The lowest BCUT2D eigenvalue weighted by Crippen LogP contribution is -1.98. The van der Waals surface area contributed by atoms with Crippen molar-refractivity contribution in [3.05, 3.63) is 27.3 Å². The zero-order chi connectivity index (χ0) is 11.4. The smallest absolute Gasteiger partial charge is 0.298 e. The maximum atomic E-state index is 10.5. The lowest BCUT2D eigenvalue weighted by atomic mass is 10.2. The second kappa shape index (κ2) is 4.61. The van der Waals surface area contributed by atoms with E-state index < -0.39 is 4.92 Å². The van der Waals surface area contributed by atoms with Crippen molar-refractivity contribution in [2.45, 2.75) is 0 Å². The molecule has 7 heteroatoms. The number of hydrogen-bond acceptors (Lipinski definition) is 5. The van der Waals surface area contributed by atoms with Crippen LogP contribution >= 0.6 is 11.6 Å². The highest BCUT2D eigenvalue weighted by molar-refractivity contribution is 6.33. The molecule has 0 saturated carbocycles. The SMILES string of the molecule is CNc1cc(Cl)c([N+](=O)[O-])cc1OC=O. The third kappa shape index (κ3) is 2.35. The standard InChI is InChI=1S/C8H7ClN2O4/c1-10-6-2-5(9)7(11(13)14)3-8(6)15-4-12/h2-4,10H,1H3. The first-order chi connectivity index (χ1) is 7.10. The molecule has 80 valence electrons. The number of nitro benzene ring substituents is 1. The van der Waals surface area contributed by atoms with Crippen LogP contribution in [0.25, 0.3) is 0 Å². The van der Waals surface area contributed by atoms with Gasteiger partial charge in [0.05, 0.1) is 16.7 Å². The van der Waals surface area contributed by atoms with Gasteiger partial charge in [-0.25, -0.2) is 0 Å². The molecule has 0 aliphatic rings. The van der Waals surface area contributed by atoms with Gasteiger partial charge in [0.15, 0.2) is 5.75 Å². The van der Waals surface area contributed by atoms with Crippen LogP contribution in [0.1, 0.15) is 0 Å². The Morgan fingerprint density at radius 2 is 2.27 bits per heavy atom. The monoisotopic (exact) mass is 230 g/mol. The Balaban J connectivity index is 3.29. The van der Waals surface area contributed by atoms with E-state index in [1.165, 1.54) is 6.07 Å². The van der Waals surface area contributed by atoms with Crippen LogP contribution in [0.15, 0.2) is 12.1 Å². The average Bonchev–Trinajstić information content (AvgIpc) is 2.20. The van der Waals surface area contributed by atoms with Crippen LogP contribution < -0.4 is 10.1 Å². The number of carbonyl (C=O) groups excluding carboxylic acids is 1. The van der Waals surface area contributed by atoms with Gasteiger partial charge in [0.25, 0.3) is 12.2 Å². The molecule has 0 heterocycles. The van der Waals surface area contributed by atoms with Crippen LogP contribution in [-0.2, 0) is 4.79 Å². The number of nitro groups is 1. The Morgan fingerprint density at radius 1 is 1.60 bits per heavy atom. The molecule has 0 spiro atoms. The quantitative estimate of drug-likeness (QED) is 0.485. The summed E-state index contributed by atoms with van der Waals surface area (Å²) < 4.78 is 4.57. The van der Waals surface area contributed by atoms with Gasteiger partial charge in [0.2, 0.25) is 0 Å². The summed E-state index contributed by atoms with van der Waals surface area (Å²) in [5.41, 5.74) is 0.0882. The molecule has 1 rings (SSSR count). The van der Waals surface area contributed by atoms with Gasteiger partial charge in [-0.3, -0.25) is 14.9 Å². The molecular weight excluding hydrogens is 224 g/mol. The zero-order valence-corrected chi connectivity index (χ0v) is 8.45. The molecule has 1 aromatic carbocycles. The summed E-state index contributed by atoms with van der Waals surface area (Å²) in [5.74, 6) is 0.0589. The first kappa shape index (κ1) is 11.3. The van der Waals surface area contributed by atoms with Gasteiger partial charge in [-0.05, 0) is 6.07 Å². The third-order valence-corrected chi connectivity index (χ3v) is 1.99. The summed E-state index contributed by atoms with van der Waals surface area (Å²) in [6, 6.07) is 2.40. The van der Waals surface area contributed by atoms with E-state index in [1.54, 1.807) is 7.05 Å². The van der Waals surface area contributed by atoms with Gasteiger partial charge in [0, 0.05) is 7.05 Å². The summed E-state index contributed by atoms with van der Waals surface area (Å²) in [6.07, 6.45) is 0. The Kier molecular flexibility index (Phi) is 3.46. The molecule has 0 amide bonds. The molecule has 15 heavy (non-hydrogen) atoms. The van der Waals surface area contributed by atoms with Crippen LogP contribution in [0, 0.1) is 10.1 Å². The molecule has 0 unspecified atom stereocenters. The Hall–Kier alpha value is -1.82. The first-order valence-electron chi connectivity index (χ1n) is 3.86. The summed E-state index contributed by atoms with van der Waals surface area (Å²) >= 11 is 5.65. The molecule has 0 aliphatic carbocycles. The Labute approximate surface area is 89.9 Å². The van der Waals surface area contributed by atoms with E-state index in [9.17, 15) is 14.9 Å². The van der Waals surface area contributed by atoms with Crippen LogP contribution in [-0.4, -0.2) is 18.4 Å². The average molecular weight is 231 g/mol. The predicted octanol–water partition coefficient (Wildman–Crippen LogP) is 1.83. The molecule has 0 bridgehead atoms. The van der Waals surface area contributed by atoms with E-state index in [0.717, 1.165) is 6.07 Å². The molecule has 1 N–H and O–H groups in total. The fourth-order valence-corrected chi connectivity index (χ4v) is 1.26. The highest BCUT2D eigenvalue weighted by atomic mass is 35.5. The summed E-state index contributed by atoms with van der Waals surface area (Å²) in [7, 11) is 1.58. The molecule has 6 nitrogen and oxygen atoms in total. The van der Waals surface area contributed by atoms with E-state index in [0.29, 0.717) is 5.69 Å². The number of rotatable bonds is 4. The number of nitrogens with zero attached hydrogens (tertiary/aromatic N) is 1. The molecule has 0 aliphatic heterocycles. The highest BCUT2D eigenvalue weighted by Crippen LogP contribution is 2.35. The topological polar surface area (TPSA) is 81.5 Å². The minimum atomic E-state index is -0.653. The number of benzene rings is 1. The van der Waals surface area contributed by atoms with Gasteiger partial charge in [0.1, 0.15) is 5.02 Å². The first-order valence-corrected chi connectivity index (χ1v) is 4.24. The van der Waals surface area contributed by atoms with Gasteiger partial charge in [-0.1, -0.05) is 11.6 Å². The Bertz CT molecular complexity index is 408. The van der Waals surface area contributed by atoms with Gasteiger partial charge < -0.3 is 10.1 Å². The van der Waals surface area contributed by atoms with Crippen molar-refractivity contribution in [2.75, 3.05) is 12.4 Å². The largest absolute Gasteiger partial charge is 0.426 e. The summed E-state index contributed by atoms with van der Waals surface area (Å²) in [6.45, 7) is 0.188. The number of hydrogen-bond donors (Lipinski definition) is 1. The van der Waals surface area contributed by atoms with Crippen molar-refractivity contribution >= 4 is 29.4 Å². The normalized spacial score (nSPS) is 9.47. The van der Waals surface area contributed by atoms with E-state index in [4.69, 9.17) is 11.6 Å². The summed E-state index contributed by atoms with van der Waals surface area (Å²) in [5, 5.41) is 13.2. The van der Waals surface area contributed by atoms with Crippen molar-refractivity contribution < 1.29 is 14.5 Å². The molecular formula is C8H7ClN2O4. The molecule has 0 radical (unpaired) electrons. The fraction of sp³-hybridized carbons (Fsp3) is 0.125. The minimum Gasteiger partial charge on any atom is -0.426 e. The van der Waals surface area contributed by atoms with Crippen molar-refractivity contribution in [1.29, 1.82) is 0 Å². The number of anilines is 1. The van der Waals surface area contributed by atoms with Crippen molar-refractivity contribution in [3.63, 3.8) is 0 Å². The second-order valence-corrected chi connectivity index (χ2v) is 2.93. The highest BCUT2D eigenvalue weighted by Gasteiger charge is 2.17. The van der Waals surface area contributed by atoms with Gasteiger partial charge in [-0.15, -0.1) is 0 Å². The van der Waals surface area contributed by atoms with Crippen LogP contribution in [0.5, 0.6) is 5.75 Å². The third-order valence-electron chi connectivity index (χ3n) is 1.69. The fourth-order valence-electron chi connectivity index (χ4n) is 1.03. The molecule has 0 aromatic heterocycles. The predicted molar refractivity (Wildman–Crippen MR) is 54.3 cm³/mol.